The zero-order valence-corrected chi connectivity index (χ0v) is 25.6. The number of nitriles is 1. The molecule has 0 spiro atoms. The predicted octanol–water partition coefficient (Wildman–Crippen LogP) is 3.72. The first-order valence-electron chi connectivity index (χ1n) is 15.6. The molecule has 228 valence electrons. The van der Waals surface area contributed by atoms with Gasteiger partial charge in [-0.1, -0.05) is 5.16 Å². The van der Waals surface area contributed by atoms with Crippen molar-refractivity contribution in [3.8, 4) is 23.3 Å². The molecular formula is C31H40N8O3S. The number of ether oxygens (including phenoxy) is 2. The summed E-state index contributed by atoms with van der Waals surface area (Å²) in [5.41, 5.74) is 7.79. The quantitative estimate of drug-likeness (QED) is 0.426. The van der Waals surface area contributed by atoms with Gasteiger partial charge in [0.05, 0.1) is 24.2 Å². The lowest BCUT2D eigenvalue weighted by atomic mass is 9.72. The van der Waals surface area contributed by atoms with Gasteiger partial charge in [0.25, 0.3) is 0 Å². The molecule has 6 heterocycles. The van der Waals surface area contributed by atoms with Crippen LogP contribution in [-0.2, 0) is 16.6 Å². The summed E-state index contributed by atoms with van der Waals surface area (Å²) in [6, 6.07) is 6.93. The number of hydrogen-bond donors (Lipinski definition) is 2. The minimum atomic E-state index is -0.578. The van der Waals surface area contributed by atoms with Gasteiger partial charge in [-0.25, -0.2) is 4.98 Å². The third kappa shape index (κ3) is 5.59. The molecule has 3 N–H and O–H groups in total. The van der Waals surface area contributed by atoms with E-state index in [9.17, 15) is 5.26 Å². The van der Waals surface area contributed by atoms with Crippen molar-refractivity contribution < 1.29 is 14.0 Å². The highest BCUT2D eigenvalue weighted by Gasteiger charge is 2.43. The number of thiophene rings is 1. The summed E-state index contributed by atoms with van der Waals surface area (Å²) >= 11 is 1.50. The summed E-state index contributed by atoms with van der Waals surface area (Å²) in [5.74, 6) is 2.61. The number of nitrogens with two attached hydrogens (primary N) is 1. The van der Waals surface area contributed by atoms with Crippen molar-refractivity contribution in [1.82, 2.24) is 25.3 Å². The number of nitrogens with zero attached hydrogens (tertiary/aromatic N) is 6. The van der Waals surface area contributed by atoms with E-state index in [1.807, 2.05) is 6.07 Å². The van der Waals surface area contributed by atoms with Gasteiger partial charge in [-0.15, -0.1) is 11.3 Å². The Balaban J connectivity index is 1.18. The fourth-order valence-corrected chi connectivity index (χ4v) is 8.40. The monoisotopic (exact) mass is 604 g/mol. The van der Waals surface area contributed by atoms with Crippen molar-refractivity contribution in [2.24, 2.45) is 0 Å². The molecule has 3 aromatic heterocycles. The van der Waals surface area contributed by atoms with Gasteiger partial charge in [-0.3, -0.25) is 4.90 Å². The summed E-state index contributed by atoms with van der Waals surface area (Å²) in [5, 5.41) is 18.3. The molecule has 1 aliphatic carbocycles. The molecule has 1 atom stereocenters. The molecule has 0 saturated carbocycles. The first kappa shape index (κ1) is 28.5. The van der Waals surface area contributed by atoms with Gasteiger partial charge in [-0.2, -0.15) is 10.2 Å². The average Bonchev–Trinajstić information content (AvgIpc) is 3.68. The molecule has 0 bridgehead atoms. The van der Waals surface area contributed by atoms with Gasteiger partial charge in [0.15, 0.2) is 0 Å². The van der Waals surface area contributed by atoms with Gasteiger partial charge in [0.2, 0.25) is 11.7 Å². The van der Waals surface area contributed by atoms with E-state index in [4.69, 9.17) is 29.7 Å². The zero-order chi connectivity index (χ0) is 29.4. The van der Waals surface area contributed by atoms with Crippen molar-refractivity contribution in [3.63, 3.8) is 0 Å². The van der Waals surface area contributed by atoms with Crippen LogP contribution in [0.5, 0.6) is 5.75 Å². The molecular weight excluding hydrogens is 564 g/mol. The topological polar surface area (TPSA) is 139 Å². The van der Waals surface area contributed by atoms with Crippen LogP contribution < -0.4 is 20.7 Å². The van der Waals surface area contributed by atoms with E-state index in [1.165, 1.54) is 11.3 Å². The zero-order valence-electron chi connectivity index (χ0n) is 24.8. The summed E-state index contributed by atoms with van der Waals surface area (Å²) in [6.45, 7) is 9.54. The number of hydrogen-bond acceptors (Lipinski definition) is 12. The molecule has 43 heavy (non-hydrogen) atoms. The van der Waals surface area contributed by atoms with Crippen LogP contribution in [0.1, 0.15) is 67.3 Å². The standard InChI is InChI=1S/C31H40N8O3S/c1-31(8-2-3-25-27(31)23(19-32)28(33)43-25)30-36-29(37-42-30)24-17-22(41-21-4-9-34-10-5-21)18-26(35-24)39-11-6-20(7-12-39)38-13-15-40-16-14-38/h17-18,20-21,34H,2-16,33H2,1H3. The molecule has 0 radical (unpaired) electrons. The second-order valence-corrected chi connectivity index (χ2v) is 13.5. The minimum Gasteiger partial charge on any atom is -0.490 e. The van der Waals surface area contributed by atoms with Crippen LogP contribution in [0.3, 0.4) is 0 Å². The van der Waals surface area contributed by atoms with Gasteiger partial charge in [-0.05, 0) is 65.0 Å². The number of rotatable bonds is 6. The van der Waals surface area contributed by atoms with E-state index < -0.39 is 5.41 Å². The minimum absolute atomic E-state index is 0.158. The molecule has 11 nitrogen and oxygen atoms in total. The largest absolute Gasteiger partial charge is 0.490 e. The van der Waals surface area contributed by atoms with E-state index in [-0.39, 0.29) is 6.10 Å². The predicted molar refractivity (Wildman–Crippen MR) is 165 cm³/mol. The van der Waals surface area contributed by atoms with Crippen molar-refractivity contribution >= 4 is 22.2 Å². The summed E-state index contributed by atoms with van der Waals surface area (Å²) < 4.78 is 18.1. The third-order valence-electron chi connectivity index (χ3n) is 9.60. The fraction of sp³-hybridized carbons (Fsp3) is 0.613. The Kier molecular flexibility index (Phi) is 7.98. The average molecular weight is 605 g/mol. The molecule has 12 heteroatoms. The number of pyridine rings is 1. The molecule has 4 aliphatic rings. The van der Waals surface area contributed by atoms with Crippen molar-refractivity contribution in [2.45, 2.75) is 69.4 Å². The number of aryl methyl sites for hydroxylation is 1. The van der Waals surface area contributed by atoms with E-state index in [0.29, 0.717) is 34.0 Å². The van der Waals surface area contributed by atoms with Crippen LogP contribution in [0.15, 0.2) is 16.7 Å². The number of nitrogens with one attached hydrogen (secondary N) is 1. The van der Waals surface area contributed by atoms with Gasteiger partial charge < -0.3 is 29.9 Å². The maximum absolute atomic E-state index is 9.90. The van der Waals surface area contributed by atoms with Gasteiger partial charge in [0, 0.05) is 54.8 Å². The smallest absolute Gasteiger partial charge is 0.237 e. The Labute approximate surface area is 256 Å². The summed E-state index contributed by atoms with van der Waals surface area (Å²) in [6.07, 6.45) is 6.96. The van der Waals surface area contributed by atoms with Crippen LogP contribution in [-0.4, -0.2) is 84.7 Å². The second-order valence-electron chi connectivity index (χ2n) is 12.3. The summed E-state index contributed by atoms with van der Waals surface area (Å²) in [7, 11) is 0. The molecule has 3 fully saturated rings. The van der Waals surface area contributed by atoms with E-state index >= 15 is 0 Å². The van der Waals surface area contributed by atoms with Gasteiger partial charge >= 0.3 is 0 Å². The number of nitrogen functional groups attached to an aromatic ring is 1. The van der Waals surface area contributed by atoms with Crippen LogP contribution in [0.4, 0.5) is 10.8 Å². The highest BCUT2D eigenvalue weighted by atomic mass is 32.1. The third-order valence-corrected chi connectivity index (χ3v) is 10.7. The van der Waals surface area contributed by atoms with Gasteiger partial charge in [0.1, 0.15) is 34.4 Å². The molecule has 3 saturated heterocycles. The molecule has 3 aromatic rings. The van der Waals surface area contributed by atoms with Crippen LogP contribution in [0, 0.1) is 11.3 Å². The molecule has 7 rings (SSSR count). The SMILES string of the molecule is CC1(c2nc(-c3cc(OC4CCNCC4)cc(N4CCC(N5CCOCC5)CC4)n3)no2)CCCc2sc(N)c(C#N)c21. The van der Waals surface area contributed by atoms with Crippen molar-refractivity contribution in [2.75, 3.05) is 63.1 Å². The Morgan fingerprint density at radius 2 is 1.91 bits per heavy atom. The van der Waals surface area contributed by atoms with E-state index in [0.717, 1.165) is 119 Å². The first-order chi connectivity index (χ1) is 21.0. The lowest BCUT2D eigenvalue weighted by Crippen LogP contribution is -2.49. The number of anilines is 2. The Morgan fingerprint density at radius 1 is 1.12 bits per heavy atom. The van der Waals surface area contributed by atoms with Crippen molar-refractivity contribution in [3.05, 3.63) is 34.0 Å². The maximum atomic E-state index is 9.90. The highest BCUT2D eigenvalue weighted by molar-refractivity contribution is 7.16. The number of fused-ring (bicyclic) bond motifs is 1. The van der Waals surface area contributed by atoms with E-state index in [2.05, 4.69) is 39.3 Å². The first-order valence-corrected chi connectivity index (χ1v) is 16.5. The molecule has 1 unspecified atom stereocenters. The number of aromatic nitrogens is 3. The summed E-state index contributed by atoms with van der Waals surface area (Å²) in [4.78, 5) is 16.1. The Morgan fingerprint density at radius 3 is 2.67 bits per heavy atom. The van der Waals surface area contributed by atoms with Crippen LogP contribution >= 0.6 is 11.3 Å². The number of morpholine rings is 1. The number of piperidine rings is 2. The lowest BCUT2D eigenvalue weighted by Gasteiger charge is -2.40. The fourth-order valence-electron chi connectivity index (χ4n) is 7.21. The Bertz CT molecular complexity index is 1480. The lowest BCUT2D eigenvalue weighted by molar-refractivity contribution is 0.0114. The molecule has 3 aliphatic heterocycles. The van der Waals surface area contributed by atoms with Crippen LogP contribution in [0.25, 0.3) is 11.5 Å². The second kappa shape index (κ2) is 12.0. The molecule has 0 amide bonds. The van der Waals surface area contributed by atoms with Crippen LogP contribution in [0.2, 0.25) is 0 Å². The van der Waals surface area contributed by atoms with E-state index in [1.54, 1.807) is 0 Å². The van der Waals surface area contributed by atoms with Crippen molar-refractivity contribution in [1.29, 1.82) is 5.26 Å². The highest BCUT2D eigenvalue weighted by Crippen LogP contribution is 2.48. The maximum Gasteiger partial charge on any atom is 0.237 e. The Hall–Kier alpha value is -3.24. The molecule has 0 aromatic carbocycles. The normalized spacial score (nSPS) is 24.0.